The Bertz CT molecular complexity index is 1100. The van der Waals surface area contributed by atoms with Crippen molar-refractivity contribution in [2.45, 2.75) is 25.8 Å². The molecule has 3 aromatic rings. The van der Waals surface area contributed by atoms with Crippen LogP contribution >= 0.6 is 0 Å². The summed E-state index contributed by atoms with van der Waals surface area (Å²) in [5, 5.41) is 4.00. The van der Waals surface area contributed by atoms with Gasteiger partial charge in [0, 0.05) is 37.7 Å². The SMILES string of the molecule is CC1CCN(c2cc(-c3cnc4ccc(C(F)F)nn34)ncn2)CC1N[SH](C)(C)=O. The van der Waals surface area contributed by atoms with Crippen molar-refractivity contribution in [1.29, 1.82) is 0 Å². The molecule has 1 N–H and O–H groups in total. The van der Waals surface area contributed by atoms with Gasteiger partial charge in [-0.15, -0.1) is 0 Å². The minimum atomic E-state index is -2.67. The molecule has 3 aromatic heterocycles. The normalized spacial score (nSPS) is 20.8. The fourth-order valence-electron chi connectivity index (χ4n) is 3.68. The Labute approximate surface area is 174 Å². The van der Waals surface area contributed by atoms with E-state index in [1.807, 2.05) is 6.07 Å². The molecule has 30 heavy (non-hydrogen) atoms. The highest BCUT2D eigenvalue weighted by atomic mass is 32.3. The summed E-state index contributed by atoms with van der Waals surface area (Å²) in [7, 11) is -2.37. The van der Waals surface area contributed by atoms with Crippen molar-refractivity contribution in [3.05, 3.63) is 36.4 Å². The van der Waals surface area contributed by atoms with E-state index in [-0.39, 0.29) is 11.7 Å². The molecular formula is C19H25F2N7OS. The van der Waals surface area contributed by atoms with Crippen LogP contribution in [0.2, 0.25) is 0 Å². The molecule has 0 aromatic carbocycles. The van der Waals surface area contributed by atoms with Crippen LogP contribution in [0.4, 0.5) is 14.6 Å². The molecule has 8 nitrogen and oxygen atoms in total. The standard InChI is InChI=1S/C19H25F2N7OS/c1-12-6-7-27(10-15(12)26-30(2,3)29)18-8-14(23-11-24-18)16-9-22-17-5-4-13(19(20)21)25-28(16)17/h4-5,8-9,11-12,15,19,30H,6-7,10H2,1-3H3,(H,26,29). The summed E-state index contributed by atoms with van der Waals surface area (Å²) < 4.78 is 43.0. The van der Waals surface area contributed by atoms with Crippen LogP contribution in [-0.2, 0) is 10.1 Å². The van der Waals surface area contributed by atoms with Crippen LogP contribution in [0.25, 0.3) is 17.0 Å². The van der Waals surface area contributed by atoms with Crippen molar-refractivity contribution in [1.82, 2.24) is 29.3 Å². The number of halogens is 2. The fraction of sp³-hybridized carbons (Fsp3) is 0.474. The quantitative estimate of drug-likeness (QED) is 0.595. The number of fused-ring (bicyclic) bond motifs is 1. The number of imidazole rings is 1. The number of rotatable bonds is 5. The van der Waals surface area contributed by atoms with Gasteiger partial charge in [-0.2, -0.15) is 5.10 Å². The maximum atomic E-state index is 13.1. The minimum absolute atomic E-state index is 0.0871. The van der Waals surface area contributed by atoms with Crippen molar-refractivity contribution in [3.63, 3.8) is 0 Å². The van der Waals surface area contributed by atoms with Crippen molar-refractivity contribution < 1.29 is 13.0 Å². The minimum Gasteiger partial charge on any atom is -0.355 e. The molecule has 0 bridgehead atoms. The predicted molar refractivity (Wildman–Crippen MR) is 113 cm³/mol. The third kappa shape index (κ3) is 4.31. The van der Waals surface area contributed by atoms with Crippen LogP contribution in [0.1, 0.15) is 25.5 Å². The van der Waals surface area contributed by atoms with E-state index in [0.29, 0.717) is 29.5 Å². The Kier molecular flexibility index (Phi) is 5.49. The van der Waals surface area contributed by atoms with Crippen LogP contribution in [-0.4, -0.2) is 60.4 Å². The number of thiol groups is 1. The van der Waals surface area contributed by atoms with Crippen LogP contribution in [0.3, 0.4) is 0 Å². The molecule has 162 valence electrons. The lowest BCUT2D eigenvalue weighted by Gasteiger charge is -2.39. The van der Waals surface area contributed by atoms with Gasteiger partial charge in [0.2, 0.25) is 0 Å². The summed E-state index contributed by atoms with van der Waals surface area (Å²) in [6, 6.07) is 4.68. The lowest BCUT2D eigenvalue weighted by molar-refractivity contribution is 0.144. The topological polar surface area (TPSA) is 88.3 Å². The molecule has 2 atom stereocenters. The summed E-state index contributed by atoms with van der Waals surface area (Å²) in [5.41, 5.74) is 1.21. The largest absolute Gasteiger partial charge is 0.355 e. The molecule has 0 saturated carbocycles. The fourth-order valence-corrected chi connectivity index (χ4v) is 4.82. The van der Waals surface area contributed by atoms with Crippen LogP contribution < -0.4 is 9.62 Å². The smallest absolute Gasteiger partial charge is 0.282 e. The molecule has 1 aliphatic rings. The predicted octanol–water partition coefficient (Wildman–Crippen LogP) is 2.12. The first-order valence-corrected chi connectivity index (χ1v) is 12.3. The first-order valence-electron chi connectivity index (χ1n) is 9.74. The number of aromatic nitrogens is 5. The summed E-state index contributed by atoms with van der Waals surface area (Å²) in [5.74, 6) is 1.12. The zero-order valence-electron chi connectivity index (χ0n) is 17.0. The summed E-state index contributed by atoms with van der Waals surface area (Å²) in [6.45, 7) is 3.64. The van der Waals surface area contributed by atoms with Crippen molar-refractivity contribution in [2.75, 3.05) is 30.5 Å². The third-order valence-electron chi connectivity index (χ3n) is 5.28. The van der Waals surface area contributed by atoms with Gasteiger partial charge in [-0.25, -0.2) is 28.2 Å². The Morgan fingerprint density at radius 1 is 1.23 bits per heavy atom. The number of anilines is 1. The maximum Gasteiger partial charge on any atom is 0.282 e. The van der Waals surface area contributed by atoms with E-state index in [0.717, 1.165) is 18.8 Å². The second kappa shape index (κ2) is 7.95. The Hall–Kier alpha value is -2.53. The molecule has 1 fully saturated rings. The summed E-state index contributed by atoms with van der Waals surface area (Å²) >= 11 is 0. The van der Waals surface area contributed by atoms with E-state index in [9.17, 15) is 13.0 Å². The van der Waals surface area contributed by atoms with Crippen LogP contribution in [0, 0.1) is 5.92 Å². The number of hydrogen-bond donors (Lipinski definition) is 2. The van der Waals surface area contributed by atoms with Gasteiger partial charge in [-0.05, 0) is 24.5 Å². The molecule has 0 aliphatic carbocycles. The van der Waals surface area contributed by atoms with E-state index in [1.165, 1.54) is 23.0 Å². The average Bonchev–Trinajstić information content (AvgIpc) is 3.12. The van der Waals surface area contributed by atoms with Gasteiger partial charge < -0.3 is 4.90 Å². The van der Waals surface area contributed by atoms with Gasteiger partial charge >= 0.3 is 0 Å². The highest BCUT2D eigenvalue weighted by molar-refractivity contribution is 7.99. The van der Waals surface area contributed by atoms with E-state index in [2.05, 4.69) is 36.6 Å². The number of nitrogens with one attached hydrogen (secondary N) is 1. The van der Waals surface area contributed by atoms with Gasteiger partial charge in [-0.3, -0.25) is 8.93 Å². The molecular weight excluding hydrogens is 412 g/mol. The highest BCUT2D eigenvalue weighted by Crippen LogP contribution is 2.26. The first kappa shape index (κ1) is 20.7. The zero-order chi connectivity index (χ0) is 21.5. The molecule has 11 heteroatoms. The summed E-state index contributed by atoms with van der Waals surface area (Å²) in [4.78, 5) is 15.1. The number of alkyl halides is 2. The second-order valence-corrected chi connectivity index (χ2v) is 11.0. The molecule has 0 radical (unpaired) electrons. The van der Waals surface area contributed by atoms with E-state index < -0.39 is 16.5 Å². The Morgan fingerprint density at radius 3 is 2.77 bits per heavy atom. The lowest BCUT2D eigenvalue weighted by atomic mass is 9.94. The molecule has 0 spiro atoms. The monoisotopic (exact) mass is 437 g/mol. The molecule has 0 amide bonds. The van der Waals surface area contributed by atoms with Crippen LogP contribution in [0.15, 0.2) is 30.7 Å². The molecule has 1 saturated heterocycles. The lowest BCUT2D eigenvalue weighted by Crippen LogP contribution is -2.53. The van der Waals surface area contributed by atoms with Gasteiger partial charge in [0.05, 0.1) is 11.9 Å². The van der Waals surface area contributed by atoms with Crippen LogP contribution in [0.5, 0.6) is 0 Å². The number of hydrogen-bond acceptors (Lipinski definition) is 6. The molecule has 4 heterocycles. The van der Waals surface area contributed by atoms with Gasteiger partial charge in [0.15, 0.2) is 5.65 Å². The average molecular weight is 438 g/mol. The van der Waals surface area contributed by atoms with E-state index >= 15 is 0 Å². The van der Waals surface area contributed by atoms with Gasteiger partial charge in [-0.1, -0.05) is 17.0 Å². The molecule has 4 rings (SSSR count). The first-order chi connectivity index (χ1) is 14.2. The van der Waals surface area contributed by atoms with Crippen molar-refractivity contribution >= 4 is 21.6 Å². The third-order valence-corrected chi connectivity index (χ3v) is 6.23. The van der Waals surface area contributed by atoms with E-state index in [1.54, 1.807) is 18.7 Å². The van der Waals surface area contributed by atoms with Crippen molar-refractivity contribution in [3.8, 4) is 11.4 Å². The Morgan fingerprint density at radius 2 is 2.03 bits per heavy atom. The van der Waals surface area contributed by atoms with Gasteiger partial charge in [0.1, 0.15) is 23.5 Å². The maximum absolute atomic E-state index is 13.1. The Balaban J connectivity index is 1.64. The van der Waals surface area contributed by atoms with Gasteiger partial charge in [0.25, 0.3) is 6.43 Å². The highest BCUT2D eigenvalue weighted by Gasteiger charge is 2.28. The molecule has 2 unspecified atom stereocenters. The number of nitrogens with zero attached hydrogens (tertiary/aromatic N) is 6. The summed E-state index contributed by atoms with van der Waals surface area (Å²) in [6.07, 6.45) is 4.74. The van der Waals surface area contributed by atoms with E-state index in [4.69, 9.17) is 0 Å². The zero-order valence-corrected chi connectivity index (χ0v) is 17.9. The number of piperidine rings is 1. The molecule has 1 aliphatic heterocycles. The van der Waals surface area contributed by atoms with Crippen molar-refractivity contribution in [2.24, 2.45) is 5.92 Å². The second-order valence-electron chi connectivity index (χ2n) is 8.03.